The lowest BCUT2D eigenvalue weighted by Crippen LogP contribution is -2.37. The summed E-state index contributed by atoms with van der Waals surface area (Å²) in [5.74, 6) is 1.51. The fourth-order valence-corrected chi connectivity index (χ4v) is 5.12. The van der Waals surface area contributed by atoms with E-state index in [-0.39, 0.29) is 0 Å². The zero-order valence-corrected chi connectivity index (χ0v) is 21.1. The number of ether oxygens (including phenoxy) is 1. The molecule has 0 bridgehead atoms. The molecule has 3 aromatic rings. The van der Waals surface area contributed by atoms with Crippen molar-refractivity contribution in [3.8, 4) is 5.75 Å². The summed E-state index contributed by atoms with van der Waals surface area (Å²) < 4.78 is 33.1. The zero-order chi connectivity index (χ0) is 24.1. The van der Waals surface area contributed by atoms with Crippen molar-refractivity contribution in [1.82, 2.24) is 9.88 Å². The van der Waals surface area contributed by atoms with Crippen LogP contribution in [0.3, 0.4) is 0 Å². The molecule has 0 amide bonds. The minimum atomic E-state index is -3.32. The average Bonchev–Trinajstić information content (AvgIpc) is 2.80. The van der Waals surface area contributed by atoms with Crippen LogP contribution in [-0.2, 0) is 16.4 Å². The van der Waals surface area contributed by atoms with Gasteiger partial charge in [0.15, 0.2) is 0 Å². The summed E-state index contributed by atoms with van der Waals surface area (Å²) in [5.41, 5.74) is 3.82. The van der Waals surface area contributed by atoms with Gasteiger partial charge in [-0.3, -0.25) is 14.6 Å². The standard InChI is InChI=1S/C27H35N3O3S/c1-20(2)34(31,32)29-24-7-4-6-23(19-24)18-22-12-14-30(15-13-22)16-17-33-27-9-5-8-26-25(27)11-10-21(3)28-26/h4-11,19-20,22,29H,12-18H2,1-3H3. The summed E-state index contributed by atoms with van der Waals surface area (Å²) in [6.45, 7) is 9.07. The molecule has 0 spiro atoms. The number of nitrogens with zero attached hydrogens (tertiary/aromatic N) is 2. The van der Waals surface area contributed by atoms with Crippen LogP contribution in [0.1, 0.15) is 37.9 Å². The van der Waals surface area contributed by atoms with Crippen molar-refractivity contribution in [1.29, 1.82) is 0 Å². The SMILES string of the molecule is Cc1ccc2c(OCCN3CCC(Cc4cccc(NS(=O)(=O)C(C)C)c4)CC3)cccc2n1. The molecule has 0 saturated carbocycles. The van der Waals surface area contributed by atoms with Crippen molar-refractivity contribution >= 4 is 26.6 Å². The average molecular weight is 482 g/mol. The molecule has 6 nitrogen and oxygen atoms in total. The number of aryl methyl sites for hydroxylation is 1. The van der Waals surface area contributed by atoms with E-state index in [0.717, 1.165) is 61.2 Å². The Bertz CT molecular complexity index is 1220. The lowest BCUT2D eigenvalue weighted by atomic mass is 9.90. The Morgan fingerprint density at radius 2 is 1.85 bits per heavy atom. The van der Waals surface area contributed by atoms with E-state index < -0.39 is 15.3 Å². The van der Waals surface area contributed by atoms with Crippen LogP contribution < -0.4 is 9.46 Å². The summed E-state index contributed by atoms with van der Waals surface area (Å²) >= 11 is 0. The predicted octanol–water partition coefficient (Wildman–Crippen LogP) is 5.03. The Morgan fingerprint density at radius 1 is 1.09 bits per heavy atom. The van der Waals surface area contributed by atoms with E-state index in [4.69, 9.17) is 4.74 Å². The van der Waals surface area contributed by atoms with Crippen molar-refractivity contribution in [2.24, 2.45) is 5.92 Å². The van der Waals surface area contributed by atoms with Crippen molar-refractivity contribution in [3.63, 3.8) is 0 Å². The first-order chi connectivity index (χ1) is 16.3. The summed E-state index contributed by atoms with van der Waals surface area (Å²) in [4.78, 5) is 7.05. The van der Waals surface area contributed by atoms with Crippen molar-refractivity contribution in [2.75, 3.05) is 31.0 Å². The van der Waals surface area contributed by atoms with E-state index >= 15 is 0 Å². The number of rotatable bonds is 9. The maximum absolute atomic E-state index is 12.2. The molecular weight excluding hydrogens is 446 g/mol. The van der Waals surface area contributed by atoms with Gasteiger partial charge in [-0.25, -0.2) is 8.42 Å². The summed E-state index contributed by atoms with van der Waals surface area (Å²) in [7, 11) is -3.32. The second-order valence-electron chi connectivity index (χ2n) is 9.51. The summed E-state index contributed by atoms with van der Waals surface area (Å²) in [6.07, 6.45) is 3.25. The Morgan fingerprint density at radius 3 is 2.62 bits per heavy atom. The van der Waals surface area contributed by atoms with Crippen LogP contribution >= 0.6 is 0 Å². The van der Waals surface area contributed by atoms with Crippen molar-refractivity contribution in [2.45, 2.75) is 45.3 Å². The third-order valence-corrected chi connectivity index (χ3v) is 8.30. The Balaban J connectivity index is 1.24. The molecule has 4 rings (SSSR count). The lowest BCUT2D eigenvalue weighted by Gasteiger charge is -2.32. The first-order valence-electron chi connectivity index (χ1n) is 12.1. The van der Waals surface area contributed by atoms with Gasteiger partial charge in [0.2, 0.25) is 10.0 Å². The van der Waals surface area contributed by atoms with Crippen LogP contribution in [0.25, 0.3) is 10.9 Å². The maximum atomic E-state index is 12.2. The fraction of sp³-hybridized carbons (Fsp3) is 0.444. The molecule has 2 heterocycles. The number of piperidine rings is 1. The number of likely N-dealkylation sites (tertiary alicyclic amines) is 1. The zero-order valence-electron chi connectivity index (χ0n) is 20.3. The normalized spacial score (nSPS) is 15.6. The van der Waals surface area contributed by atoms with Crippen LogP contribution in [0.5, 0.6) is 5.75 Å². The fourth-order valence-electron chi connectivity index (χ4n) is 4.43. The number of anilines is 1. The van der Waals surface area contributed by atoms with Crippen LogP contribution in [0, 0.1) is 12.8 Å². The minimum absolute atomic E-state index is 0.453. The number of nitrogens with one attached hydrogen (secondary N) is 1. The molecule has 0 aliphatic carbocycles. The van der Waals surface area contributed by atoms with E-state index in [0.29, 0.717) is 18.2 Å². The van der Waals surface area contributed by atoms with E-state index in [2.05, 4.69) is 26.7 Å². The maximum Gasteiger partial charge on any atom is 0.235 e. The molecule has 2 aromatic carbocycles. The molecule has 1 aliphatic heterocycles. The van der Waals surface area contributed by atoms with Gasteiger partial charge in [-0.15, -0.1) is 0 Å². The highest BCUT2D eigenvalue weighted by molar-refractivity contribution is 7.93. The van der Waals surface area contributed by atoms with Crippen molar-refractivity contribution in [3.05, 3.63) is 65.9 Å². The molecule has 182 valence electrons. The highest BCUT2D eigenvalue weighted by Gasteiger charge is 2.20. The number of pyridine rings is 1. The highest BCUT2D eigenvalue weighted by Crippen LogP contribution is 2.26. The van der Waals surface area contributed by atoms with Crippen LogP contribution in [-0.4, -0.2) is 49.8 Å². The molecule has 0 atom stereocenters. The molecule has 1 aliphatic rings. The van der Waals surface area contributed by atoms with Crippen LogP contribution in [0.15, 0.2) is 54.6 Å². The molecule has 7 heteroatoms. The van der Waals surface area contributed by atoms with E-state index in [9.17, 15) is 8.42 Å². The van der Waals surface area contributed by atoms with Gasteiger partial charge in [0, 0.05) is 23.3 Å². The molecular formula is C27H35N3O3S. The molecule has 0 radical (unpaired) electrons. The third kappa shape index (κ3) is 6.27. The second-order valence-corrected chi connectivity index (χ2v) is 11.7. The monoisotopic (exact) mass is 481 g/mol. The second kappa shape index (κ2) is 10.7. The Hall–Kier alpha value is -2.64. The predicted molar refractivity (Wildman–Crippen MR) is 139 cm³/mol. The van der Waals surface area contributed by atoms with E-state index in [1.54, 1.807) is 13.8 Å². The first-order valence-corrected chi connectivity index (χ1v) is 13.7. The quantitative estimate of drug-likeness (QED) is 0.464. The van der Waals surface area contributed by atoms with E-state index in [1.807, 2.05) is 49.4 Å². The van der Waals surface area contributed by atoms with Gasteiger partial charge in [-0.2, -0.15) is 0 Å². The van der Waals surface area contributed by atoms with Crippen LogP contribution in [0.2, 0.25) is 0 Å². The molecule has 1 saturated heterocycles. The number of benzene rings is 2. The smallest absolute Gasteiger partial charge is 0.235 e. The number of hydrogen-bond donors (Lipinski definition) is 1. The Kier molecular flexibility index (Phi) is 7.73. The van der Waals surface area contributed by atoms with Gasteiger partial charge in [-0.1, -0.05) is 18.2 Å². The van der Waals surface area contributed by atoms with Crippen LogP contribution in [0.4, 0.5) is 5.69 Å². The largest absolute Gasteiger partial charge is 0.492 e. The summed E-state index contributed by atoms with van der Waals surface area (Å²) in [6, 6.07) is 18.0. The molecule has 1 N–H and O–H groups in total. The van der Waals surface area contributed by atoms with Gasteiger partial charge in [0.25, 0.3) is 0 Å². The molecule has 1 fully saturated rings. The van der Waals surface area contributed by atoms with Gasteiger partial charge in [0.05, 0.1) is 10.8 Å². The van der Waals surface area contributed by atoms with Gasteiger partial charge in [0.1, 0.15) is 12.4 Å². The van der Waals surface area contributed by atoms with E-state index in [1.165, 1.54) is 5.56 Å². The Labute approximate surface area is 203 Å². The minimum Gasteiger partial charge on any atom is -0.492 e. The topological polar surface area (TPSA) is 71.5 Å². The number of fused-ring (bicyclic) bond motifs is 1. The van der Waals surface area contributed by atoms with Gasteiger partial charge in [-0.05, 0) is 101 Å². The third-order valence-electron chi connectivity index (χ3n) is 6.54. The molecule has 1 aromatic heterocycles. The highest BCUT2D eigenvalue weighted by atomic mass is 32.2. The first kappa shape index (κ1) is 24.5. The number of hydrogen-bond acceptors (Lipinski definition) is 5. The molecule has 34 heavy (non-hydrogen) atoms. The number of sulfonamides is 1. The summed E-state index contributed by atoms with van der Waals surface area (Å²) in [5, 5.41) is 0.607. The lowest BCUT2D eigenvalue weighted by molar-refractivity contribution is 0.155. The van der Waals surface area contributed by atoms with Crippen molar-refractivity contribution < 1.29 is 13.2 Å². The van der Waals surface area contributed by atoms with Gasteiger partial charge < -0.3 is 4.74 Å². The van der Waals surface area contributed by atoms with Gasteiger partial charge >= 0.3 is 0 Å². The molecule has 0 unspecified atom stereocenters. The number of aromatic nitrogens is 1.